The van der Waals surface area contributed by atoms with Crippen LogP contribution in [0.3, 0.4) is 0 Å². The first-order chi connectivity index (χ1) is 6.09. The summed E-state index contributed by atoms with van der Waals surface area (Å²) in [6.45, 7) is 1.52. The van der Waals surface area contributed by atoms with E-state index in [1.54, 1.807) is 12.1 Å². The molecule has 0 atom stereocenters. The van der Waals surface area contributed by atoms with Crippen molar-refractivity contribution in [3.8, 4) is 0 Å². The maximum absolute atomic E-state index is 10.5. The molecule has 0 aliphatic heterocycles. The summed E-state index contributed by atoms with van der Waals surface area (Å²) in [6, 6.07) is 3.32. The summed E-state index contributed by atoms with van der Waals surface area (Å²) >= 11 is 5.56. The summed E-state index contributed by atoms with van der Waals surface area (Å²) in [4.78, 5) is 14.3. The van der Waals surface area contributed by atoms with Gasteiger partial charge < -0.3 is 5.11 Å². The normalized spacial score (nSPS) is 11.4. The van der Waals surface area contributed by atoms with Gasteiger partial charge in [-0.15, -0.1) is 0 Å². The minimum Gasteiger partial charge on any atom is -0.478 e. The van der Waals surface area contributed by atoms with Gasteiger partial charge in [0.05, 0.1) is 0 Å². The summed E-state index contributed by atoms with van der Waals surface area (Å²) in [5, 5.41) is 8.98. The second-order valence-electron chi connectivity index (χ2n) is 2.55. The fraction of sp³-hybridized carbons (Fsp3) is 0.111. The van der Waals surface area contributed by atoms with Crippen molar-refractivity contribution in [2.24, 2.45) is 0 Å². The third-order valence-electron chi connectivity index (χ3n) is 1.47. The topological polar surface area (TPSA) is 50.2 Å². The number of pyridine rings is 1. The van der Waals surface area contributed by atoms with Crippen LogP contribution in [0.2, 0.25) is 5.15 Å². The van der Waals surface area contributed by atoms with Gasteiger partial charge in [-0.3, -0.25) is 0 Å². The minimum atomic E-state index is -0.935. The monoisotopic (exact) mass is 197 g/mol. The molecular weight excluding hydrogens is 190 g/mol. The minimum absolute atomic E-state index is 0.268. The molecule has 68 valence electrons. The van der Waals surface area contributed by atoms with Crippen LogP contribution in [-0.2, 0) is 4.79 Å². The lowest BCUT2D eigenvalue weighted by Gasteiger charge is -1.94. The van der Waals surface area contributed by atoms with Crippen molar-refractivity contribution in [2.45, 2.75) is 6.92 Å². The highest BCUT2D eigenvalue weighted by molar-refractivity contribution is 6.29. The fourth-order valence-electron chi connectivity index (χ4n) is 0.784. The van der Waals surface area contributed by atoms with Crippen molar-refractivity contribution < 1.29 is 9.90 Å². The molecule has 1 aromatic rings. The Labute approximate surface area is 80.7 Å². The molecule has 0 aromatic carbocycles. The zero-order valence-corrected chi connectivity index (χ0v) is 7.75. The standard InChI is InChI=1S/C9H8ClNO2/c1-6(9(12)13)4-7-2-3-8(10)11-5-7/h2-5H,1H3,(H,12,13). The van der Waals surface area contributed by atoms with E-state index in [1.807, 2.05) is 0 Å². The molecule has 3 nitrogen and oxygen atoms in total. The number of carboxylic acids is 1. The smallest absolute Gasteiger partial charge is 0.331 e. The second-order valence-corrected chi connectivity index (χ2v) is 2.93. The van der Waals surface area contributed by atoms with Crippen LogP contribution in [0.15, 0.2) is 23.9 Å². The first-order valence-electron chi connectivity index (χ1n) is 3.63. The molecule has 1 aromatic heterocycles. The number of halogens is 1. The van der Waals surface area contributed by atoms with Gasteiger partial charge in [-0.1, -0.05) is 17.7 Å². The number of hydrogen-bond donors (Lipinski definition) is 1. The van der Waals surface area contributed by atoms with E-state index in [1.165, 1.54) is 19.2 Å². The van der Waals surface area contributed by atoms with E-state index in [4.69, 9.17) is 16.7 Å². The van der Waals surface area contributed by atoms with Gasteiger partial charge in [-0.2, -0.15) is 0 Å². The van der Waals surface area contributed by atoms with E-state index in [9.17, 15) is 4.79 Å². The molecule has 0 unspecified atom stereocenters. The fourth-order valence-corrected chi connectivity index (χ4v) is 0.896. The second kappa shape index (κ2) is 4.05. The highest BCUT2D eigenvalue weighted by Gasteiger charge is 1.99. The Morgan fingerprint density at radius 1 is 1.62 bits per heavy atom. The number of aliphatic carboxylic acids is 1. The molecule has 0 fully saturated rings. The Hall–Kier alpha value is -1.35. The van der Waals surface area contributed by atoms with Crippen molar-refractivity contribution in [1.29, 1.82) is 0 Å². The van der Waals surface area contributed by atoms with E-state index in [0.717, 1.165) is 5.56 Å². The third kappa shape index (κ3) is 2.87. The number of rotatable bonds is 2. The van der Waals surface area contributed by atoms with Crippen molar-refractivity contribution in [3.05, 3.63) is 34.6 Å². The van der Waals surface area contributed by atoms with Crippen molar-refractivity contribution in [3.63, 3.8) is 0 Å². The van der Waals surface area contributed by atoms with Crippen LogP contribution in [0.1, 0.15) is 12.5 Å². The zero-order valence-electron chi connectivity index (χ0n) is 6.99. The van der Waals surface area contributed by atoms with Crippen LogP contribution in [0, 0.1) is 0 Å². The van der Waals surface area contributed by atoms with Gasteiger partial charge in [0, 0.05) is 11.8 Å². The first kappa shape index (κ1) is 9.74. The first-order valence-corrected chi connectivity index (χ1v) is 4.00. The lowest BCUT2D eigenvalue weighted by Crippen LogP contribution is -1.95. The average Bonchev–Trinajstić information content (AvgIpc) is 2.08. The van der Waals surface area contributed by atoms with Gasteiger partial charge in [0.1, 0.15) is 5.15 Å². The van der Waals surface area contributed by atoms with E-state index < -0.39 is 5.97 Å². The molecule has 1 heterocycles. The molecule has 0 amide bonds. The number of aromatic nitrogens is 1. The van der Waals surface area contributed by atoms with E-state index in [-0.39, 0.29) is 5.57 Å². The average molecular weight is 198 g/mol. The van der Waals surface area contributed by atoms with E-state index >= 15 is 0 Å². The van der Waals surface area contributed by atoms with Crippen molar-refractivity contribution >= 4 is 23.6 Å². The summed E-state index contributed by atoms with van der Waals surface area (Å²) in [5.41, 5.74) is 0.994. The van der Waals surface area contributed by atoms with Gasteiger partial charge >= 0.3 is 5.97 Å². The Morgan fingerprint density at radius 3 is 2.77 bits per heavy atom. The molecule has 13 heavy (non-hydrogen) atoms. The van der Waals surface area contributed by atoms with Crippen LogP contribution in [-0.4, -0.2) is 16.1 Å². The molecule has 0 spiro atoms. The molecule has 0 aliphatic carbocycles. The van der Waals surface area contributed by atoms with Crippen LogP contribution in [0.5, 0.6) is 0 Å². The molecule has 0 saturated heterocycles. The van der Waals surface area contributed by atoms with Crippen LogP contribution in [0.25, 0.3) is 6.08 Å². The van der Waals surface area contributed by atoms with Crippen LogP contribution in [0.4, 0.5) is 0 Å². The molecule has 1 rings (SSSR count). The number of nitrogens with zero attached hydrogens (tertiary/aromatic N) is 1. The third-order valence-corrected chi connectivity index (χ3v) is 1.69. The maximum Gasteiger partial charge on any atom is 0.331 e. The highest BCUT2D eigenvalue weighted by Crippen LogP contribution is 2.09. The molecule has 0 aliphatic rings. The largest absolute Gasteiger partial charge is 0.478 e. The molecule has 0 bridgehead atoms. The summed E-state index contributed by atoms with van der Waals surface area (Å²) in [6.07, 6.45) is 3.06. The Kier molecular flexibility index (Phi) is 3.03. The van der Waals surface area contributed by atoms with E-state index in [2.05, 4.69) is 4.98 Å². The maximum atomic E-state index is 10.5. The Bertz CT molecular complexity index is 343. The predicted molar refractivity (Wildman–Crippen MR) is 50.5 cm³/mol. The molecule has 0 saturated carbocycles. The summed E-state index contributed by atoms with van der Waals surface area (Å²) in [7, 11) is 0. The zero-order chi connectivity index (χ0) is 9.84. The predicted octanol–water partition coefficient (Wildman–Crippen LogP) is 2.22. The van der Waals surface area contributed by atoms with Gasteiger partial charge in [0.25, 0.3) is 0 Å². The summed E-state index contributed by atoms with van der Waals surface area (Å²) in [5.74, 6) is -0.935. The van der Waals surface area contributed by atoms with Crippen molar-refractivity contribution in [1.82, 2.24) is 4.98 Å². The Balaban J connectivity index is 2.92. The molecule has 1 N–H and O–H groups in total. The van der Waals surface area contributed by atoms with Gasteiger partial charge in [-0.25, -0.2) is 9.78 Å². The van der Waals surface area contributed by atoms with Crippen LogP contribution < -0.4 is 0 Å². The lowest BCUT2D eigenvalue weighted by molar-refractivity contribution is -0.132. The van der Waals surface area contributed by atoms with Crippen LogP contribution >= 0.6 is 11.6 Å². The van der Waals surface area contributed by atoms with E-state index in [0.29, 0.717) is 5.15 Å². The van der Waals surface area contributed by atoms with Gasteiger partial charge in [0.15, 0.2) is 0 Å². The molecule has 0 radical (unpaired) electrons. The quantitative estimate of drug-likeness (QED) is 0.584. The van der Waals surface area contributed by atoms with Gasteiger partial charge in [-0.05, 0) is 24.6 Å². The van der Waals surface area contributed by atoms with Crippen molar-refractivity contribution in [2.75, 3.05) is 0 Å². The lowest BCUT2D eigenvalue weighted by atomic mass is 10.2. The summed E-state index contributed by atoms with van der Waals surface area (Å²) < 4.78 is 0. The number of hydrogen-bond acceptors (Lipinski definition) is 2. The molecular formula is C9H8ClNO2. The highest BCUT2D eigenvalue weighted by atomic mass is 35.5. The number of carboxylic acid groups (broad SMARTS) is 1. The molecule has 4 heteroatoms. The van der Waals surface area contributed by atoms with Gasteiger partial charge in [0.2, 0.25) is 0 Å². The Morgan fingerprint density at radius 2 is 2.31 bits per heavy atom. The SMILES string of the molecule is CC(=Cc1ccc(Cl)nc1)C(=O)O. The number of carbonyl (C=O) groups is 1.